The molecule has 3 aromatic carbocycles. The standard InChI is InChI=1S/C30H32N2O4/c1-5-29-31-25-17-23(34-3)12-14-27(25)32(29)26-8-6-7-21(19(26)2)11-9-20-10-13-24-22(16-30(33)35-4)18-36-28(24)15-20/h6-8,10,12-15,17,22H,5,9,11,16,18H2,1-4H3/t22-/m1/s1. The largest absolute Gasteiger partial charge is 0.497 e. The van der Waals surface area contributed by atoms with E-state index < -0.39 is 0 Å². The Labute approximate surface area is 211 Å². The van der Waals surface area contributed by atoms with Crippen molar-refractivity contribution in [3.63, 3.8) is 0 Å². The van der Waals surface area contributed by atoms with Gasteiger partial charge in [-0.15, -0.1) is 0 Å². The molecule has 0 amide bonds. The molecule has 6 nitrogen and oxygen atoms in total. The molecule has 0 saturated carbocycles. The molecule has 0 spiro atoms. The molecule has 1 aliphatic heterocycles. The van der Waals surface area contributed by atoms with Crippen LogP contribution in [0.25, 0.3) is 16.7 Å². The number of hydrogen-bond donors (Lipinski definition) is 0. The van der Waals surface area contributed by atoms with Crippen LogP contribution in [-0.4, -0.2) is 36.3 Å². The highest BCUT2D eigenvalue weighted by atomic mass is 16.5. The van der Waals surface area contributed by atoms with Crippen molar-refractivity contribution in [2.24, 2.45) is 0 Å². The maximum absolute atomic E-state index is 11.7. The van der Waals surface area contributed by atoms with E-state index in [9.17, 15) is 4.79 Å². The second kappa shape index (κ2) is 10.1. The average molecular weight is 485 g/mol. The van der Waals surface area contributed by atoms with E-state index in [-0.39, 0.29) is 11.9 Å². The molecule has 36 heavy (non-hydrogen) atoms. The summed E-state index contributed by atoms with van der Waals surface area (Å²) < 4.78 is 18.4. The number of hydrogen-bond acceptors (Lipinski definition) is 5. The summed E-state index contributed by atoms with van der Waals surface area (Å²) in [7, 11) is 3.11. The van der Waals surface area contributed by atoms with Crippen molar-refractivity contribution in [2.75, 3.05) is 20.8 Å². The van der Waals surface area contributed by atoms with E-state index in [1.807, 2.05) is 12.1 Å². The summed E-state index contributed by atoms with van der Waals surface area (Å²) >= 11 is 0. The van der Waals surface area contributed by atoms with Crippen molar-refractivity contribution in [3.8, 4) is 17.2 Å². The fourth-order valence-corrected chi connectivity index (χ4v) is 5.14. The molecule has 0 N–H and O–H groups in total. The Kier molecular flexibility index (Phi) is 6.68. The van der Waals surface area contributed by atoms with Crippen LogP contribution >= 0.6 is 0 Å². The molecule has 1 aromatic heterocycles. The minimum Gasteiger partial charge on any atom is -0.497 e. The second-order valence-corrected chi connectivity index (χ2v) is 9.29. The summed E-state index contributed by atoms with van der Waals surface area (Å²) in [6, 6.07) is 19.0. The topological polar surface area (TPSA) is 62.6 Å². The minimum absolute atomic E-state index is 0.0677. The SMILES string of the molecule is CCc1nc2cc(OC)ccc2n1-c1cccc(CCc2ccc3c(c2)OC[C@H]3CC(=O)OC)c1C. The van der Waals surface area contributed by atoms with Crippen LogP contribution < -0.4 is 9.47 Å². The molecule has 0 fully saturated rings. The van der Waals surface area contributed by atoms with E-state index in [0.29, 0.717) is 13.0 Å². The van der Waals surface area contributed by atoms with Gasteiger partial charge >= 0.3 is 5.97 Å². The lowest BCUT2D eigenvalue weighted by atomic mass is 9.94. The fraction of sp³-hybridized carbons (Fsp3) is 0.333. The van der Waals surface area contributed by atoms with Crippen molar-refractivity contribution in [3.05, 3.63) is 82.7 Å². The van der Waals surface area contributed by atoms with Crippen LogP contribution in [-0.2, 0) is 28.8 Å². The molecule has 1 aliphatic rings. The quantitative estimate of drug-likeness (QED) is 0.299. The number of ether oxygens (including phenoxy) is 3. The van der Waals surface area contributed by atoms with Crippen LogP contribution in [0, 0.1) is 6.92 Å². The Morgan fingerprint density at radius 1 is 1.11 bits per heavy atom. The molecule has 4 aromatic rings. The van der Waals surface area contributed by atoms with Gasteiger partial charge < -0.3 is 14.2 Å². The molecule has 6 heteroatoms. The molecule has 5 rings (SSSR count). The number of carbonyl (C=O) groups is 1. The Morgan fingerprint density at radius 2 is 1.97 bits per heavy atom. The number of fused-ring (bicyclic) bond motifs is 2. The van der Waals surface area contributed by atoms with E-state index in [1.54, 1.807) is 7.11 Å². The third kappa shape index (κ3) is 4.43. The lowest BCUT2D eigenvalue weighted by Gasteiger charge is -2.15. The molecular weight excluding hydrogens is 452 g/mol. The van der Waals surface area contributed by atoms with Gasteiger partial charge in [-0.3, -0.25) is 9.36 Å². The maximum Gasteiger partial charge on any atom is 0.306 e. The van der Waals surface area contributed by atoms with Crippen LogP contribution in [0.3, 0.4) is 0 Å². The highest BCUT2D eigenvalue weighted by Crippen LogP contribution is 2.37. The first-order chi connectivity index (χ1) is 17.5. The van der Waals surface area contributed by atoms with Crippen LogP contribution in [0.1, 0.15) is 47.3 Å². The number of benzene rings is 3. The summed E-state index contributed by atoms with van der Waals surface area (Å²) in [6.07, 6.45) is 3.02. The molecular formula is C30H32N2O4. The highest BCUT2D eigenvalue weighted by molar-refractivity contribution is 5.80. The Morgan fingerprint density at radius 3 is 2.75 bits per heavy atom. The normalized spacial score (nSPS) is 14.5. The number of nitrogens with zero attached hydrogens (tertiary/aromatic N) is 2. The zero-order valence-corrected chi connectivity index (χ0v) is 21.3. The molecule has 0 aliphatic carbocycles. The smallest absolute Gasteiger partial charge is 0.306 e. The number of methoxy groups -OCH3 is 2. The van der Waals surface area contributed by atoms with Gasteiger partial charge in [-0.1, -0.05) is 31.2 Å². The van der Waals surface area contributed by atoms with Gasteiger partial charge in [0, 0.05) is 24.0 Å². The predicted octanol–water partition coefficient (Wildman–Crippen LogP) is 5.73. The van der Waals surface area contributed by atoms with Crippen LogP contribution in [0.2, 0.25) is 0 Å². The molecule has 2 heterocycles. The van der Waals surface area contributed by atoms with Crippen LogP contribution in [0.4, 0.5) is 0 Å². The van der Waals surface area contributed by atoms with Gasteiger partial charge in [-0.2, -0.15) is 0 Å². The Balaban J connectivity index is 1.39. The van der Waals surface area contributed by atoms with Crippen LogP contribution in [0.15, 0.2) is 54.6 Å². The monoisotopic (exact) mass is 484 g/mol. The zero-order chi connectivity index (χ0) is 25.2. The third-order valence-electron chi connectivity index (χ3n) is 7.19. The molecule has 0 radical (unpaired) electrons. The number of esters is 1. The first-order valence-corrected chi connectivity index (χ1v) is 12.5. The maximum atomic E-state index is 11.7. The summed E-state index contributed by atoms with van der Waals surface area (Å²) in [5.41, 5.74) is 8.10. The number of rotatable bonds is 8. The Hall–Kier alpha value is -3.80. The first kappa shape index (κ1) is 23.9. The van der Waals surface area contributed by atoms with Gasteiger partial charge in [0.1, 0.15) is 17.3 Å². The Bertz CT molecular complexity index is 1420. The van der Waals surface area contributed by atoms with E-state index >= 15 is 0 Å². The lowest BCUT2D eigenvalue weighted by molar-refractivity contribution is -0.141. The van der Waals surface area contributed by atoms with Gasteiger partial charge in [0.05, 0.1) is 44.0 Å². The van der Waals surface area contributed by atoms with E-state index in [2.05, 4.69) is 60.9 Å². The third-order valence-corrected chi connectivity index (χ3v) is 7.19. The summed E-state index contributed by atoms with van der Waals surface area (Å²) in [5, 5.41) is 0. The summed E-state index contributed by atoms with van der Waals surface area (Å²) in [5.74, 6) is 2.61. The first-order valence-electron chi connectivity index (χ1n) is 12.5. The minimum atomic E-state index is -0.202. The highest BCUT2D eigenvalue weighted by Gasteiger charge is 2.27. The number of aryl methyl sites for hydroxylation is 3. The second-order valence-electron chi connectivity index (χ2n) is 9.29. The molecule has 0 unspecified atom stereocenters. The van der Waals surface area contributed by atoms with E-state index in [0.717, 1.165) is 53.2 Å². The van der Waals surface area contributed by atoms with Crippen LogP contribution in [0.5, 0.6) is 11.5 Å². The number of imidazole rings is 1. The molecule has 0 bridgehead atoms. The van der Waals surface area contributed by atoms with Crippen molar-refractivity contribution in [1.29, 1.82) is 0 Å². The number of aromatic nitrogens is 2. The molecule has 186 valence electrons. The average Bonchev–Trinajstić information content (AvgIpc) is 3.48. The van der Waals surface area contributed by atoms with E-state index in [4.69, 9.17) is 19.2 Å². The zero-order valence-electron chi connectivity index (χ0n) is 21.3. The van der Waals surface area contributed by atoms with Gasteiger partial charge in [0.15, 0.2) is 0 Å². The van der Waals surface area contributed by atoms with Crippen molar-refractivity contribution in [2.45, 2.75) is 45.4 Å². The van der Waals surface area contributed by atoms with Gasteiger partial charge in [-0.05, 0) is 60.7 Å². The fourth-order valence-electron chi connectivity index (χ4n) is 5.14. The van der Waals surface area contributed by atoms with Gasteiger partial charge in [0.25, 0.3) is 0 Å². The lowest BCUT2D eigenvalue weighted by Crippen LogP contribution is -2.09. The van der Waals surface area contributed by atoms with Gasteiger partial charge in [-0.25, -0.2) is 4.98 Å². The van der Waals surface area contributed by atoms with Crippen molar-refractivity contribution in [1.82, 2.24) is 9.55 Å². The predicted molar refractivity (Wildman–Crippen MR) is 140 cm³/mol. The van der Waals surface area contributed by atoms with Crippen molar-refractivity contribution >= 4 is 17.0 Å². The van der Waals surface area contributed by atoms with Gasteiger partial charge in [0.2, 0.25) is 0 Å². The molecule has 1 atom stereocenters. The summed E-state index contributed by atoms with van der Waals surface area (Å²) in [4.78, 5) is 16.6. The number of carbonyl (C=O) groups excluding carboxylic acids is 1. The summed E-state index contributed by atoms with van der Waals surface area (Å²) in [6.45, 7) is 4.86. The van der Waals surface area contributed by atoms with Crippen molar-refractivity contribution < 1.29 is 19.0 Å². The van der Waals surface area contributed by atoms with E-state index in [1.165, 1.54) is 29.5 Å². The molecule has 0 saturated heterocycles.